The Balaban J connectivity index is 2.37. The predicted octanol–water partition coefficient (Wildman–Crippen LogP) is 1.08. The Hall–Kier alpha value is -1.29. The lowest BCUT2D eigenvalue weighted by Crippen LogP contribution is -2.39. The number of carbonyl (C=O) groups excluding carboxylic acids is 1. The Morgan fingerprint density at radius 2 is 2.31 bits per heavy atom. The van der Waals surface area contributed by atoms with Crippen molar-refractivity contribution >= 4 is 5.91 Å². The van der Waals surface area contributed by atoms with Crippen molar-refractivity contribution in [2.45, 2.75) is 32.7 Å². The molecule has 0 aliphatic heterocycles. The summed E-state index contributed by atoms with van der Waals surface area (Å²) in [5.74, 6) is 0.407. The average Bonchev–Trinajstić information content (AvgIpc) is 2.68. The van der Waals surface area contributed by atoms with Gasteiger partial charge in [-0.1, -0.05) is 13.8 Å². The standard InChI is InChI=1S/C12H20N2O2/c1-9(2)6-11(8-15)14-12(16)7-10-4-3-5-13-10/h3-5,9,11,13,15H,6-8H2,1-2H3,(H,14,16). The second-order valence-electron chi connectivity index (χ2n) is 4.45. The number of amides is 1. The van der Waals surface area contributed by atoms with Gasteiger partial charge in [-0.15, -0.1) is 0 Å². The van der Waals surface area contributed by atoms with Crippen LogP contribution >= 0.6 is 0 Å². The SMILES string of the molecule is CC(C)CC(CO)NC(=O)Cc1ccc[nH]1. The summed E-state index contributed by atoms with van der Waals surface area (Å²) < 4.78 is 0. The fourth-order valence-corrected chi connectivity index (χ4v) is 1.68. The van der Waals surface area contributed by atoms with Gasteiger partial charge in [-0.2, -0.15) is 0 Å². The summed E-state index contributed by atoms with van der Waals surface area (Å²) >= 11 is 0. The number of H-pyrrole nitrogens is 1. The van der Waals surface area contributed by atoms with Crippen molar-refractivity contribution in [3.05, 3.63) is 24.0 Å². The molecule has 16 heavy (non-hydrogen) atoms. The molecule has 1 unspecified atom stereocenters. The fourth-order valence-electron chi connectivity index (χ4n) is 1.68. The van der Waals surface area contributed by atoms with Crippen molar-refractivity contribution in [2.75, 3.05) is 6.61 Å². The molecule has 1 atom stereocenters. The van der Waals surface area contributed by atoms with Gasteiger partial charge in [0.15, 0.2) is 0 Å². The Morgan fingerprint density at radius 1 is 1.56 bits per heavy atom. The van der Waals surface area contributed by atoms with Crippen molar-refractivity contribution in [2.24, 2.45) is 5.92 Å². The molecule has 0 aliphatic carbocycles. The molecule has 1 heterocycles. The molecule has 0 aliphatic rings. The first-order chi connectivity index (χ1) is 7.61. The molecule has 3 N–H and O–H groups in total. The minimum atomic E-state index is -0.137. The molecule has 4 heteroatoms. The molecule has 1 aromatic rings. The third-order valence-electron chi connectivity index (χ3n) is 2.35. The molecule has 0 aromatic carbocycles. The van der Waals surface area contributed by atoms with Gasteiger partial charge >= 0.3 is 0 Å². The number of nitrogens with one attached hydrogen (secondary N) is 2. The van der Waals surface area contributed by atoms with Crippen LogP contribution in [0.3, 0.4) is 0 Å². The summed E-state index contributed by atoms with van der Waals surface area (Å²) in [6.45, 7) is 4.13. The van der Waals surface area contributed by atoms with Crippen LogP contribution in [-0.4, -0.2) is 28.6 Å². The smallest absolute Gasteiger partial charge is 0.226 e. The number of aromatic nitrogens is 1. The van der Waals surface area contributed by atoms with Crippen LogP contribution < -0.4 is 5.32 Å². The van der Waals surface area contributed by atoms with Crippen molar-refractivity contribution in [3.63, 3.8) is 0 Å². The van der Waals surface area contributed by atoms with E-state index in [1.54, 1.807) is 6.20 Å². The van der Waals surface area contributed by atoms with E-state index in [1.165, 1.54) is 0 Å². The number of aromatic amines is 1. The monoisotopic (exact) mass is 224 g/mol. The molecule has 0 spiro atoms. The number of hydrogen-bond acceptors (Lipinski definition) is 2. The molecule has 90 valence electrons. The van der Waals surface area contributed by atoms with E-state index in [2.05, 4.69) is 24.1 Å². The van der Waals surface area contributed by atoms with E-state index in [-0.39, 0.29) is 18.6 Å². The van der Waals surface area contributed by atoms with Crippen LogP contribution in [-0.2, 0) is 11.2 Å². The summed E-state index contributed by atoms with van der Waals surface area (Å²) in [5.41, 5.74) is 0.888. The van der Waals surface area contributed by atoms with E-state index in [4.69, 9.17) is 5.11 Å². The Morgan fingerprint density at radius 3 is 2.81 bits per heavy atom. The van der Waals surface area contributed by atoms with Gasteiger partial charge in [0.25, 0.3) is 0 Å². The highest BCUT2D eigenvalue weighted by atomic mass is 16.3. The third-order valence-corrected chi connectivity index (χ3v) is 2.35. The van der Waals surface area contributed by atoms with Gasteiger partial charge in [0, 0.05) is 11.9 Å². The molecular weight excluding hydrogens is 204 g/mol. The lowest BCUT2D eigenvalue weighted by Gasteiger charge is -2.17. The zero-order valence-electron chi connectivity index (χ0n) is 9.86. The van der Waals surface area contributed by atoms with Gasteiger partial charge in [0.1, 0.15) is 0 Å². The van der Waals surface area contributed by atoms with Gasteiger partial charge in [0.05, 0.1) is 19.1 Å². The van der Waals surface area contributed by atoms with Crippen LogP contribution in [0.15, 0.2) is 18.3 Å². The van der Waals surface area contributed by atoms with E-state index in [1.807, 2.05) is 12.1 Å². The van der Waals surface area contributed by atoms with E-state index in [9.17, 15) is 4.79 Å². The van der Waals surface area contributed by atoms with Crippen LogP contribution in [0.1, 0.15) is 26.0 Å². The number of carbonyl (C=O) groups is 1. The van der Waals surface area contributed by atoms with Gasteiger partial charge in [-0.05, 0) is 24.5 Å². The van der Waals surface area contributed by atoms with Gasteiger partial charge in [-0.3, -0.25) is 4.79 Å². The normalized spacial score (nSPS) is 12.8. The second kappa shape index (κ2) is 6.33. The van der Waals surface area contributed by atoms with Gasteiger partial charge < -0.3 is 15.4 Å². The largest absolute Gasteiger partial charge is 0.394 e. The number of aliphatic hydroxyl groups is 1. The van der Waals surface area contributed by atoms with Crippen LogP contribution in [0.2, 0.25) is 0 Å². The van der Waals surface area contributed by atoms with Gasteiger partial charge in [-0.25, -0.2) is 0 Å². The maximum atomic E-state index is 11.6. The second-order valence-corrected chi connectivity index (χ2v) is 4.45. The first-order valence-electron chi connectivity index (χ1n) is 5.64. The van der Waals surface area contributed by atoms with Crippen molar-refractivity contribution in [3.8, 4) is 0 Å². The first kappa shape index (κ1) is 12.8. The van der Waals surface area contributed by atoms with Crippen LogP contribution in [0.5, 0.6) is 0 Å². The van der Waals surface area contributed by atoms with Crippen molar-refractivity contribution in [1.82, 2.24) is 10.3 Å². The molecule has 0 bridgehead atoms. The molecular formula is C12H20N2O2. The quantitative estimate of drug-likeness (QED) is 0.677. The molecule has 1 aromatic heterocycles. The fraction of sp³-hybridized carbons (Fsp3) is 0.583. The maximum Gasteiger partial charge on any atom is 0.226 e. The lowest BCUT2D eigenvalue weighted by molar-refractivity contribution is -0.121. The Bertz CT molecular complexity index is 307. The minimum absolute atomic E-state index is 0.00531. The summed E-state index contributed by atoms with van der Waals surface area (Å²) in [6, 6.07) is 3.60. The predicted molar refractivity (Wildman–Crippen MR) is 63.0 cm³/mol. The first-order valence-corrected chi connectivity index (χ1v) is 5.64. The molecule has 0 radical (unpaired) electrons. The zero-order valence-corrected chi connectivity index (χ0v) is 9.86. The maximum absolute atomic E-state index is 11.6. The van der Waals surface area contributed by atoms with Crippen molar-refractivity contribution < 1.29 is 9.90 Å². The molecule has 0 fully saturated rings. The minimum Gasteiger partial charge on any atom is -0.394 e. The number of rotatable bonds is 6. The summed E-state index contributed by atoms with van der Waals surface area (Å²) in [6.07, 6.45) is 2.93. The third kappa shape index (κ3) is 4.49. The molecule has 1 amide bonds. The van der Waals surface area contributed by atoms with E-state index < -0.39 is 0 Å². The van der Waals surface area contributed by atoms with Crippen LogP contribution in [0.25, 0.3) is 0 Å². The summed E-state index contributed by atoms with van der Waals surface area (Å²) in [4.78, 5) is 14.6. The lowest BCUT2D eigenvalue weighted by atomic mass is 10.0. The topological polar surface area (TPSA) is 65.1 Å². The zero-order chi connectivity index (χ0) is 12.0. The number of hydrogen-bond donors (Lipinski definition) is 3. The highest BCUT2D eigenvalue weighted by Crippen LogP contribution is 2.04. The van der Waals surface area contributed by atoms with E-state index >= 15 is 0 Å². The van der Waals surface area contributed by atoms with Crippen molar-refractivity contribution in [1.29, 1.82) is 0 Å². The highest BCUT2D eigenvalue weighted by Gasteiger charge is 2.13. The summed E-state index contributed by atoms with van der Waals surface area (Å²) in [7, 11) is 0. The Kier molecular flexibility index (Phi) is 5.05. The Labute approximate surface area is 96.1 Å². The van der Waals surface area contributed by atoms with E-state index in [0.29, 0.717) is 12.3 Å². The van der Waals surface area contributed by atoms with Crippen LogP contribution in [0.4, 0.5) is 0 Å². The molecule has 0 saturated carbocycles. The molecule has 1 rings (SSSR count). The number of aliphatic hydroxyl groups excluding tert-OH is 1. The highest BCUT2D eigenvalue weighted by molar-refractivity contribution is 5.78. The van der Waals surface area contributed by atoms with Crippen LogP contribution in [0, 0.1) is 5.92 Å². The van der Waals surface area contributed by atoms with Gasteiger partial charge in [0.2, 0.25) is 5.91 Å². The molecule has 4 nitrogen and oxygen atoms in total. The van der Waals surface area contributed by atoms with E-state index in [0.717, 1.165) is 12.1 Å². The summed E-state index contributed by atoms with van der Waals surface area (Å²) in [5, 5.41) is 12.0. The average molecular weight is 224 g/mol. The molecule has 0 saturated heterocycles.